The molecule has 1 aromatic carbocycles. The van der Waals surface area contributed by atoms with Crippen LogP contribution in [0.15, 0.2) is 54.2 Å². The summed E-state index contributed by atoms with van der Waals surface area (Å²) in [5.41, 5.74) is 7.60. The fourth-order valence-electron chi connectivity index (χ4n) is 2.07. The van der Waals surface area contributed by atoms with Gasteiger partial charge in [0.25, 0.3) is 0 Å². The molecular weight excluding hydrogens is 254 g/mol. The van der Waals surface area contributed by atoms with E-state index in [1.165, 1.54) is 4.88 Å². The molecule has 2 N–H and O–H groups in total. The summed E-state index contributed by atoms with van der Waals surface area (Å²) in [5, 5.41) is 2.12. The predicted octanol–water partition coefficient (Wildman–Crippen LogP) is 3.44. The summed E-state index contributed by atoms with van der Waals surface area (Å²) in [6.07, 6.45) is 4.91. The first-order valence-electron chi connectivity index (χ1n) is 6.22. The zero-order chi connectivity index (χ0) is 13.1. The predicted molar refractivity (Wildman–Crippen MR) is 80.1 cm³/mol. The van der Waals surface area contributed by atoms with Crippen LogP contribution in [0.1, 0.15) is 4.88 Å². The van der Waals surface area contributed by atoms with Gasteiger partial charge in [-0.2, -0.15) is 0 Å². The average Bonchev–Trinajstić information content (AvgIpc) is 3.08. The highest BCUT2D eigenvalue weighted by atomic mass is 32.1. The summed E-state index contributed by atoms with van der Waals surface area (Å²) in [4.78, 5) is 5.84. The zero-order valence-corrected chi connectivity index (χ0v) is 11.3. The first-order chi connectivity index (χ1) is 9.33. The zero-order valence-electron chi connectivity index (χ0n) is 10.5. The molecule has 0 amide bonds. The van der Waals surface area contributed by atoms with E-state index in [-0.39, 0.29) is 0 Å². The van der Waals surface area contributed by atoms with Crippen LogP contribution in [0.4, 0.5) is 5.69 Å². The minimum Gasteiger partial charge on any atom is -0.399 e. The number of nitrogen functional groups attached to an aromatic ring is 1. The Morgan fingerprint density at radius 1 is 1.16 bits per heavy atom. The van der Waals surface area contributed by atoms with E-state index in [0.29, 0.717) is 0 Å². The third-order valence-electron chi connectivity index (χ3n) is 3.06. The van der Waals surface area contributed by atoms with Crippen LogP contribution >= 0.6 is 11.3 Å². The molecule has 3 rings (SSSR count). The Morgan fingerprint density at radius 3 is 2.74 bits per heavy atom. The highest BCUT2D eigenvalue weighted by Crippen LogP contribution is 2.20. The van der Waals surface area contributed by atoms with Crippen LogP contribution < -0.4 is 5.73 Å². The number of benzene rings is 1. The van der Waals surface area contributed by atoms with Gasteiger partial charge in [-0.1, -0.05) is 6.07 Å². The molecule has 0 aliphatic heterocycles. The van der Waals surface area contributed by atoms with Crippen molar-refractivity contribution in [2.45, 2.75) is 13.0 Å². The normalized spacial score (nSPS) is 10.7. The standard InChI is InChI=1S/C15H15N3S/c16-13-5-3-12(4-6-13)15-17-8-10-18(15)9-7-14-2-1-11-19-14/h1-6,8,10-11H,7,9,16H2. The van der Waals surface area contributed by atoms with Crippen LogP contribution in [0.5, 0.6) is 0 Å². The molecule has 0 saturated heterocycles. The highest BCUT2D eigenvalue weighted by Gasteiger charge is 2.06. The molecule has 4 heteroatoms. The lowest BCUT2D eigenvalue weighted by Crippen LogP contribution is -2.01. The molecule has 96 valence electrons. The molecule has 0 radical (unpaired) electrons. The van der Waals surface area contributed by atoms with Gasteiger partial charge in [0, 0.05) is 35.1 Å². The van der Waals surface area contributed by atoms with E-state index in [9.17, 15) is 0 Å². The monoisotopic (exact) mass is 269 g/mol. The van der Waals surface area contributed by atoms with Gasteiger partial charge in [-0.05, 0) is 42.1 Å². The first kappa shape index (κ1) is 12.0. The van der Waals surface area contributed by atoms with E-state index in [4.69, 9.17) is 5.73 Å². The van der Waals surface area contributed by atoms with Crippen LogP contribution in [-0.2, 0) is 13.0 Å². The van der Waals surface area contributed by atoms with Gasteiger partial charge in [0.15, 0.2) is 0 Å². The molecule has 0 aliphatic carbocycles. The number of hydrogen-bond donors (Lipinski definition) is 1. The SMILES string of the molecule is Nc1ccc(-c2nccn2CCc2cccs2)cc1. The third-order valence-corrected chi connectivity index (χ3v) is 4.00. The second-order valence-corrected chi connectivity index (χ2v) is 5.43. The number of nitrogens with two attached hydrogens (primary N) is 1. The Balaban J connectivity index is 1.80. The summed E-state index contributed by atoms with van der Waals surface area (Å²) in [5.74, 6) is 0.997. The summed E-state index contributed by atoms with van der Waals surface area (Å²) >= 11 is 1.80. The quantitative estimate of drug-likeness (QED) is 0.737. The second kappa shape index (κ2) is 5.28. The molecule has 0 fully saturated rings. The van der Waals surface area contributed by atoms with E-state index in [2.05, 4.69) is 27.1 Å². The van der Waals surface area contributed by atoms with E-state index >= 15 is 0 Å². The Kier molecular flexibility index (Phi) is 3.33. The second-order valence-electron chi connectivity index (χ2n) is 4.40. The Hall–Kier alpha value is -2.07. The molecule has 0 atom stereocenters. The van der Waals surface area contributed by atoms with Crippen LogP contribution in [0.25, 0.3) is 11.4 Å². The van der Waals surface area contributed by atoms with Crippen molar-refractivity contribution >= 4 is 17.0 Å². The lowest BCUT2D eigenvalue weighted by molar-refractivity contribution is 0.709. The molecule has 3 nitrogen and oxygen atoms in total. The maximum Gasteiger partial charge on any atom is 0.139 e. The molecule has 19 heavy (non-hydrogen) atoms. The minimum absolute atomic E-state index is 0.778. The number of imidazole rings is 1. The maximum absolute atomic E-state index is 5.72. The number of rotatable bonds is 4. The smallest absolute Gasteiger partial charge is 0.139 e. The van der Waals surface area contributed by atoms with E-state index in [1.54, 1.807) is 11.3 Å². The van der Waals surface area contributed by atoms with Gasteiger partial charge >= 0.3 is 0 Å². The van der Waals surface area contributed by atoms with Crippen LogP contribution in [-0.4, -0.2) is 9.55 Å². The van der Waals surface area contributed by atoms with Gasteiger partial charge in [0.05, 0.1) is 0 Å². The van der Waals surface area contributed by atoms with E-state index in [1.807, 2.05) is 36.7 Å². The fourth-order valence-corrected chi connectivity index (χ4v) is 2.77. The van der Waals surface area contributed by atoms with Gasteiger partial charge in [0.1, 0.15) is 5.82 Å². The lowest BCUT2D eigenvalue weighted by Gasteiger charge is -2.07. The number of anilines is 1. The van der Waals surface area contributed by atoms with Gasteiger partial charge in [-0.15, -0.1) is 11.3 Å². The van der Waals surface area contributed by atoms with Crippen molar-refractivity contribution in [1.82, 2.24) is 9.55 Å². The summed E-state index contributed by atoms with van der Waals surface area (Å²) in [6.45, 7) is 0.945. The molecule has 2 heterocycles. The maximum atomic E-state index is 5.72. The summed E-state index contributed by atoms with van der Waals surface area (Å²) in [6, 6.07) is 12.1. The van der Waals surface area contributed by atoms with Gasteiger partial charge < -0.3 is 10.3 Å². The molecule has 0 saturated carbocycles. The van der Waals surface area contributed by atoms with Crippen molar-refractivity contribution in [3.8, 4) is 11.4 Å². The Bertz CT molecular complexity index is 638. The van der Waals surface area contributed by atoms with E-state index < -0.39 is 0 Å². The number of aromatic nitrogens is 2. The molecule has 0 unspecified atom stereocenters. The minimum atomic E-state index is 0.778. The van der Waals surface area contributed by atoms with Crippen molar-refractivity contribution in [3.63, 3.8) is 0 Å². The Morgan fingerprint density at radius 2 is 2.00 bits per heavy atom. The van der Waals surface area contributed by atoms with Crippen molar-refractivity contribution < 1.29 is 0 Å². The van der Waals surface area contributed by atoms with Crippen molar-refractivity contribution in [3.05, 3.63) is 59.0 Å². The molecule has 0 bridgehead atoms. The van der Waals surface area contributed by atoms with Crippen molar-refractivity contribution in [2.75, 3.05) is 5.73 Å². The van der Waals surface area contributed by atoms with Gasteiger partial charge in [-0.3, -0.25) is 0 Å². The molecule has 2 aromatic heterocycles. The van der Waals surface area contributed by atoms with Gasteiger partial charge in [0.2, 0.25) is 0 Å². The summed E-state index contributed by atoms with van der Waals surface area (Å²) < 4.78 is 2.19. The number of hydrogen-bond acceptors (Lipinski definition) is 3. The molecule has 0 aliphatic rings. The first-order valence-corrected chi connectivity index (χ1v) is 7.10. The lowest BCUT2D eigenvalue weighted by atomic mass is 10.2. The number of nitrogens with zero attached hydrogens (tertiary/aromatic N) is 2. The number of aryl methyl sites for hydroxylation is 2. The van der Waals surface area contributed by atoms with Crippen LogP contribution in [0, 0.1) is 0 Å². The molecular formula is C15H15N3S. The largest absolute Gasteiger partial charge is 0.399 e. The molecule has 0 spiro atoms. The topological polar surface area (TPSA) is 43.8 Å². The number of thiophene rings is 1. The molecule has 3 aromatic rings. The average molecular weight is 269 g/mol. The van der Waals surface area contributed by atoms with Crippen LogP contribution in [0.3, 0.4) is 0 Å². The van der Waals surface area contributed by atoms with Gasteiger partial charge in [-0.25, -0.2) is 4.98 Å². The highest BCUT2D eigenvalue weighted by molar-refractivity contribution is 7.09. The van der Waals surface area contributed by atoms with Crippen molar-refractivity contribution in [2.24, 2.45) is 0 Å². The summed E-state index contributed by atoms with van der Waals surface area (Å²) in [7, 11) is 0. The Labute approximate surface area is 116 Å². The van der Waals surface area contributed by atoms with Crippen LogP contribution in [0.2, 0.25) is 0 Å². The van der Waals surface area contributed by atoms with E-state index in [0.717, 1.165) is 30.0 Å². The fraction of sp³-hybridized carbons (Fsp3) is 0.133. The third kappa shape index (κ3) is 2.69. The van der Waals surface area contributed by atoms with Crippen molar-refractivity contribution in [1.29, 1.82) is 0 Å².